The van der Waals surface area contributed by atoms with Gasteiger partial charge in [-0.05, 0) is 20.4 Å². The zero-order chi connectivity index (χ0) is 11.3. The lowest BCUT2D eigenvalue weighted by atomic mass is 10.0. The van der Waals surface area contributed by atoms with Gasteiger partial charge in [0.15, 0.2) is 0 Å². The van der Waals surface area contributed by atoms with Gasteiger partial charge in [0.2, 0.25) is 0 Å². The number of nitrogens with one attached hydrogen (secondary N) is 1. The zero-order valence-electron chi connectivity index (χ0n) is 9.79. The Bertz CT molecular complexity index is 198. The largest absolute Gasteiger partial charge is 0.461 e. The number of rotatable bonds is 4. The fourth-order valence-corrected chi connectivity index (χ4v) is 1.90. The molecule has 15 heavy (non-hydrogen) atoms. The molecule has 4 nitrogen and oxygen atoms in total. The maximum absolute atomic E-state index is 11.4. The van der Waals surface area contributed by atoms with Gasteiger partial charge in [0, 0.05) is 12.8 Å². The summed E-state index contributed by atoms with van der Waals surface area (Å²) in [7, 11) is 0. The maximum atomic E-state index is 11.4. The Labute approximate surface area is 91.3 Å². The highest BCUT2D eigenvalue weighted by molar-refractivity contribution is 5.71. The average molecular weight is 215 g/mol. The van der Waals surface area contributed by atoms with Crippen LogP contribution in [0.25, 0.3) is 0 Å². The van der Waals surface area contributed by atoms with Crippen LogP contribution in [0.3, 0.4) is 0 Å². The molecule has 0 aromatic carbocycles. The van der Waals surface area contributed by atoms with Crippen molar-refractivity contribution in [1.29, 1.82) is 0 Å². The Kier molecular flexibility index (Phi) is 5.05. The monoisotopic (exact) mass is 215 g/mol. The van der Waals surface area contributed by atoms with Crippen molar-refractivity contribution in [2.45, 2.75) is 51.9 Å². The van der Waals surface area contributed by atoms with Gasteiger partial charge in [0.05, 0.1) is 18.8 Å². The van der Waals surface area contributed by atoms with Crippen LogP contribution < -0.4 is 5.32 Å². The zero-order valence-corrected chi connectivity index (χ0v) is 9.79. The number of hydrogen-bond donors (Lipinski definition) is 1. The van der Waals surface area contributed by atoms with E-state index in [1.165, 1.54) is 0 Å². The van der Waals surface area contributed by atoms with Crippen molar-refractivity contribution < 1.29 is 14.3 Å². The van der Waals surface area contributed by atoms with Crippen molar-refractivity contribution in [3.63, 3.8) is 0 Å². The maximum Gasteiger partial charge on any atom is 0.320 e. The third-order valence-electron chi connectivity index (χ3n) is 2.47. The second-order valence-corrected chi connectivity index (χ2v) is 4.12. The van der Waals surface area contributed by atoms with Crippen LogP contribution in [0.1, 0.15) is 33.6 Å². The van der Waals surface area contributed by atoms with Crippen LogP contribution in [0.2, 0.25) is 0 Å². The Morgan fingerprint density at radius 3 is 2.53 bits per heavy atom. The van der Waals surface area contributed by atoms with E-state index in [0.29, 0.717) is 6.54 Å². The van der Waals surface area contributed by atoms with Gasteiger partial charge in [0.25, 0.3) is 0 Å². The summed E-state index contributed by atoms with van der Waals surface area (Å²) in [6, 6.07) is 0. The number of carbonyl (C=O) groups excluding carboxylic acids is 1. The molecule has 0 aliphatic carbocycles. The molecule has 1 aliphatic heterocycles. The van der Waals surface area contributed by atoms with Gasteiger partial charge in [-0.2, -0.15) is 0 Å². The van der Waals surface area contributed by atoms with Gasteiger partial charge in [0.1, 0.15) is 6.10 Å². The van der Waals surface area contributed by atoms with Crippen LogP contribution in [-0.2, 0) is 14.3 Å². The minimum absolute atomic E-state index is 0.0231. The molecule has 0 spiro atoms. The molecule has 0 bridgehead atoms. The Morgan fingerprint density at radius 1 is 1.40 bits per heavy atom. The summed E-state index contributed by atoms with van der Waals surface area (Å²) >= 11 is 0. The van der Waals surface area contributed by atoms with Crippen molar-refractivity contribution in [3.05, 3.63) is 0 Å². The first-order valence-electron chi connectivity index (χ1n) is 5.67. The number of hydrogen-bond acceptors (Lipinski definition) is 4. The molecule has 0 radical (unpaired) electrons. The van der Waals surface area contributed by atoms with E-state index < -0.39 is 0 Å². The number of carbonyl (C=O) groups is 1. The Morgan fingerprint density at radius 2 is 2.00 bits per heavy atom. The van der Waals surface area contributed by atoms with Gasteiger partial charge in [-0.25, -0.2) is 0 Å². The van der Waals surface area contributed by atoms with E-state index in [1.807, 2.05) is 20.8 Å². The number of likely N-dealkylation sites (N-methyl/N-ethyl adjacent to an activating group) is 1. The molecule has 1 saturated heterocycles. The van der Waals surface area contributed by atoms with E-state index in [0.717, 1.165) is 19.4 Å². The molecular formula is C11H21NO3. The molecule has 88 valence electrons. The van der Waals surface area contributed by atoms with Crippen molar-refractivity contribution >= 4 is 5.97 Å². The SMILES string of the molecule is CCNCC(=O)OC1CC(C)OC(C)C1. The van der Waals surface area contributed by atoms with Crippen LogP contribution in [0.5, 0.6) is 0 Å². The van der Waals surface area contributed by atoms with Crippen molar-refractivity contribution in [2.75, 3.05) is 13.1 Å². The normalized spacial score (nSPS) is 31.3. The fourth-order valence-electron chi connectivity index (χ4n) is 1.90. The van der Waals surface area contributed by atoms with Crippen LogP contribution >= 0.6 is 0 Å². The molecule has 0 aromatic rings. The van der Waals surface area contributed by atoms with Crippen LogP contribution in [-0.4, -0.2) is 37.4 Å². The molecular weight excluding hydrogens is 194 g/mol. The summed E-state index contributed by atoms with van der Waals surface area (Å²) in [5.41, 5.74) is 0. The highest BCUT2D eigenvalue weighted by atomic mass is 16.6. The smallest absolute Gasteiger partial charge is 0.320 e. The first-order chi connectivity index (χ1) is 7.11. The average Bonchev–Trinajstić information content (AvgIpc) is 2.13. The van der Waals surface area contributed by atoms with E-state index in [9.17, 15) is 4.79 Å². The summed E-state index contributed by atoms with van der Waals surface area (Å²) in [4.78, 5) is 11.4. The highest BCUT2D eigenvalue weighted by Crippen LogP contribution is 2.21. The molecule has 0 saturated carbocycles. The Hall–Kier alpha value is -0.610. The molecule has 1 aliphatic rings. The molecule has 0 amide bonds. The fraction of sp³-hybridized carbons (Fsp3) is 0.909. The first kappa shape index (κ1) is 12.5. The lowest BCUT2D eigenvalue weighted by molar-refractivity contribution is -0.158. The summed E-state index contributed by atoms with van der Waals surface area (Å²) < 4.78 is 10.9. The molecule has 2 unspecified atom stereocenters. The van der Waals surface area contributed by atoms with E-state index in [4.69, 9.17) is 9.47 Å². The lowest BCUT2D eigenvalue weighted by Gasteiger charge is -2.31. The van der Waals surface area contributed by atoms with Crippen LogP contribution in [0, 0.1) is 0 Å². The molecule has 2 atom stereocenters. The second kappa shape index (κ2) is 6.08. The second-order valence-electron chi connectivity index (χ2n) is 4.12. The molecule has 1 N–H and O–H groups in total. The summed E-state index contributed by atoms with van der Waals surface area (Å²) in [5, 5.41) is 2.95. The Balaban J connectivity index is 2.27. The quantitative estimate of drug-likeness (QED) is 0.713. The molecule has 1 heterocycles. The topological polar surface area (TPSA) is 47.6 Å². The summed E-state index contributed by atoms with van der Waals surface area (Å²) in [6.45, 7) is 7.08. The minimum Gasteiger partial charge on any atom is -0.461 e. The molecule has 1 fully saturated rings. The van der Waals surface area contributed by atoms with Crippen molar-refractivity contribution in [2.24, 2.45) is 0 Å². The summed E-state index contributed by atoms with van der Waals surface area (Å²) in [5.74, 6) is -0.164. The minimum atomic E-state index is -0.164. The summed E-state index contributed by atoms with van der Waals surface area (Å²) in [6.07, 6.45) is 2.01. The van der Waals surface area contributed by atoms with Gasteiger partial charge < -0.3 is 14.8 Å². The van der Waals surface area contributed by atoms with E-state index in [2.05, 4.69) is 5.32 Å². The predicted octanol–water partition coefficient (Wildman–Crippen LogP) is 1.10. The lowest BCUT2D eigenvalue weighted by Crippen LogP contribution is -2.37. The number of ether oxygens (including phenoxy) is 2. The van der Waals surface area contributed by atoms with Crippen LogP contribution in [0.15, 0.2) is 0 Å². The van der Waals surface area contributed by atoms with Crippen molar-refractivity contribution in [1.82, 2.24) is 5.32 Å². The van der Waals surface area contributed by atoms with Gasteiger partial charge >= 0.3 is 5.97 Å². The highest BCUT2D eigenvalue weighted by Gasteiger charge is 2.26. The van der Waals surface area contributed by atoms with Crippen molar-refractivity contribution in [3.8, 4) is 0 Å². The first-order valence-corrected chi connectivity index (χ1v) is 5.67. The molecule has 1 rings (SSSR count). The molecule has 0 aromatic heterocycles. The van der Waals surface area contributed by atoms with E-state index in [1.54, 1.807) is 0 Å². The predicted molar refractivity (Wildman–Crippen MR) is 57.7 cm³/mol. The van der Waals surface area contributed by atoms with E-state index >= 15 is 0 Å². The van der Waals surface area contributed by atoms with E-state index in [-0.39, 0.29) is 24.3 Å². The third kappa shape index (κ3) is 4.62. The molecule has 4 heteroatoms. The van der Waals surface area contributed by atoms with Crippen LogP contribution in [0.4, 0.5) is 0 Å². The van der Waals surface area contributed by atoms with Gasteiger partial charge in [-0.15, -0.1) is 0 Å². The number of esters is 1. The third-order valence-corrected chi connectivity index (χ3v) is 2.47. The van der Waals surface area contributed by atoms with Gasteiger partial charge in [-0.3, -0.25) is 4.79 Å². The van der Waals surface area contributed by atoms with Gasteiger partial charge in [-0.1, -0.05) is 6.92 Å². The standard InChI is InChI=1S/C11H21NO3/c1-4-12-7-11(13)15-10-5-8(2)14-9(3)6-10/h8-10,12H,4-7H2,1-3H3.